The quantitative estimate of drug-likeness (QED) is 0.305. The highest BCUT2D eigenvalue weighted by Gasteiger charge is 2.33. The lowest BCUT2D eigenvalue weighted by atomic mass is 9.78. The number of hydrogen-bond donors (Lipinski definition) is 1. The summed E-state index contributed by atoms with van der Waals surface area (Å²) in [6, 6.07) is 16.7. The maximum absolute atomic E-state index is 14.0. The highest BCUT2D eigenvalue weighted by Crippen LogP contribution is 2.44. The van der Waals surface area contributed by atoms with Crippen molar-refractivity contribution in [2.75, 3.05) is 18.6 Å². The number of benzene rings is 2. The van der Waals surface area contributed by atoms with Gasteiger partial charge in [0.05, 0.1) is 28.7 Å². The van der Waals surface area contributed by atoms with Gasteiger partial charge in [0.2, 0.25) is 5.91 Å². The van der Waals surface area contributed by atoms with Crippen molar-refractivity contribution in [3.05, 3.63) is 64.8 Å². The molecule has 6 nitrogen and oxygen atoms in total. The van der Waals surface area contributed by atoms with Crippen LogP contribution in [-0.4, -0.2) is 35.8 Å². The van der Waals surface area contributed by atoms with Crippen LogP contribution in [0.4, 0.5) is 5.69 Å². The molecule has 3 aliphatic carbocycles. The lowest BCUT2D eigenvalue weighted by molar-refractivity contribution is -0.124. The lowest BCUT2D eigenvalue weighted by Gasteiger charge is -2.36. The molecule has 0 unspecified atom stereocenters. The molecule has 0 aliphatic heterocycles. The van der Waals surface area contributed by atoms with Gasteiger partial charge in [-0.3, -0.25) is 4.79 Å². The van der Waals surface area contributed by atoms with Gasteiger partial charge in [0.15, 0.2) is 0 Å². The van der Waals surface area contributed by atoms with Crippen molar-refractivity contribution in [3.8, 4) is 22.3 Å². The van der Waals surface area contributed by atoms with Gasteiger partial charge in [0.25, 0.3) is 0 Å². The molecule has 6 rings (SSSR count). The van der Waals surface area contributed by atoms with E-state index < -0.39 is 0 Å². The van der Waals surface area contributed by atoms with Crippen LogP contribution in [0.25, 0.3) is 10.4 Å². The minimum absolute atomic E-state index is 0.0352. The fourth-order valence-electron chi connectivity index (χ4n) is 6.64. The Hall–Kier alpha value is -3.21. The number of carbonyl (C=O) groups is 1. The van der Waals surface area contributed by atoms with Crippen molar-refractivity contribution in [3.63, 3.8) is 0 Å². The van der Waals surface area contributed by atoms with E-state index in [0.717, 1.165) is 56.3 Å². The third-order valence-corrected chi connectivity index (χ3v) is 10.5. The number of nitrogens with zero attached hydrogens (tertiary/aromatic N) is 3. The van der Waals surface area contributed by atoms with Crippen LogP contribution in [0.3, 0.4) is 0 Å². The summed E-state index contributed by atoms with van der Waals surface area (Å²) in [5, 5.41) is 20.8. The first-order chi connectivity index (χ1) is 20.0. The van der Waals surface area contributed by atoms with E-state index in [1.54, 1.807) is 18.4 Å². The van der Waals surface area contributed by atoms with E-state index in [1.165, 1.54) is 28.3 Å². The maximum Gasteiger partial charge on any atom is 0.230 e. The second-order valence-electron chi connectivity index (χ2n) is 12.1. The number of aliphatic hydroxyl groups excluding tert-OH is 1. The van der Waals surface area contributed by atoms with Crippen LogP contribution in [0.15, 0.2) is 48.7 Å². The summed E-state index contributed by atoms with van der Waals surface area (Å²) >= 11 is 1.78. The summed E-state index contributed by atoms with van der Waals surface area (Å²) in [5.41, 5.74) is 3.89. The molecule has 0 saturated heterocycles. The first-order valence-corrected chi connectivity index (χ1v) is 16.0. The molecule has 3 aromatic rings. The predicted octanol–water partition coefficient (Wildman–Crippen LogP) is 7.43. The smallest absolute Gasteiger partial charge is 0.230 e. The van der Waals surface area contributed by atoms with Gasteiger partial charge in [-0.2, -0.15) is 5.26 Å². The summed E-state index contributed by atoms with van der Waals surface area (Å²) < 4.78 is 5.33. The van der Waals surface area contributed by atoms with E-state index in [-0.39, 0.29) is 17.9 Å². The molecule has 3 fully saturated rings. The Morgan fingerprint density at radius 3 is 2.49 bits per heavy atom. The van der Waals surface area contributed by atoms with E-state index in [9.17, 15) is 15.2 Å². The Morgan fingerprint density at radius 1 is 1.02 bits per heavy atom. The van der Waals surface area contributed by atoms with Gasteiger partial charge >= 0.3 is 0 Å². The van der Waals surface area contributed by atoms with E-state index in [1.807, 2.05) is 18.3 Å². The van der Waals surface area contributed by atoms with Gasteiger partial charge in [-0.25, -0.2) is 4.98 Å². The monoisotopic (exact) mass is 569 g/mol. The number of anilines is 1. The predicted molar refractivity (Wildman–Crippen MR) is 162 cm³/mol. The summed E-state index contributed by atoms with van der Waals surface area (Å²) in [7, 11) is 1.60. The zero-order valence-corrected chi connectivity index (χ0v) is 24.6. The molecule has 0 atom stereocenters. The molecule has 214 valence electrons. The molecule has 0 bridgehead atoms. The summed E-state index contributed by atoms with van der Waals surface area (Å²) in [5.74, 6) is 2.27. The normalized spacial score (nSPS) is 24.4. The molecule has 0 spiro atoms. The Kier molecular flexibility index (Phi) is 8.41. The number of carbonyl (C=O) groups excluding carboxylic acids is 1. The Balaban J connectivity index is 1.19. The maximum atomic E-state index is 14.0. The number of amides is 1. The average Bonchev–Trinajstić information content (AvgIpc) is 3.75. The fourth-order valence-corrected chi connectivity index (χ4v) is 7.72. The SMILES string of the molecule is COc1ccc([C@H]2CC[C@H](CN(c3cccc(-c4cnc(C5CC5)s4)c3)C(=O)[C@H]3CC[C@H](O)CC3)CC2)cc1C#N. The largest absolute Gasteiger partial charge is 0.495 e. The minimum atomic E-state index is -0.280. The molecule has 7 heteroatoms. The fraction of sp³-hybridized carbons (Fsp3) is 0.500. The molecular formula is C34H39N3O3S. The van der Waals surface area contributed by atoms with Gasteiger partial charge in [0, 0.05) is 30.3 Å². The number of methoxy groups -OCH3 is 1. The van der Waals surface area contributed by atoms with Crippen LogP contribution in [0.1, 0.15) is 92.2 Å². The van der Waals surface area contributed by atoms with Gasteiger partial charge < -0.3 is 14.7 Å². The van der Waals surface area contributed by atoms with Crippen LogP contribution < -0.4 is 9.64 Å². The van der Waals surface area contributed by atoms with Crippen molar-refractivity contribution in [1.29, 1.82) is 5.26 Å². The first kappa shape index (κ1) is 27.9. The summed E-state index contributed by atoms with van der Waals surface area (Å²) in [6.07, 6.45) is 11.3. The van der Waals surface area contributed by atoms with E-state index in [4.69, 9.17) is 4.74 Å². The molecule has 1 aromatic heterocycles. The van der Waals surface area contributed by atoms with Crippen LogP contribution in [0, 0.1) is 23.2 Å². The van der Waals surface area contributed by atoms with E-state index in [2.05, 4.69) is 46.3 Å². The number of rotatable bonds is 8. The van der Waals surface area contributed by atoms with Crippen LogP contribution in [0.5, 0.6) is 5.75 Å². The van der Waals surface area contributed by atoms with Crippen LogP contribution >= 0.6 is 11.3 Å². The van der Waals surface area contributed by atoms with Crippen molar-refractivity contribution in [1.82, 2.24) is 4.98 Å². The molecule has 0 radical (unpaired) electrons. The average molecular weight is 570 g/mol. The van der Waals surface area contributed by atoms with Crippen molar-refractivity contribution >= 4 is 22.9 Å². The van der Waals surface area contributed by atoms with Crippen LogP contribution in [0.2, 0.25) is 0 Å². The number of aliphatic hydroxyl groups is 1. The number of ether oxygens (including phenoxy) is 1. The number of nitriles is 1. The second-order valence-corrected chi connectivity index (χ2v) is 13.2. The zero-order chi connectivity index (χ0) is 28.3. The van der Waals surface area contributed by atoms with Crippen LogP contribution in [-0.2, 0) is 4.79 Å². The molecular weight excluding hydrogens is 530 g/mol. The van der Waals surface area contributed by atoms with Gasteiger partial charge in [-0.1, -0.05) is 18.2 Å². The second kappa shape index (κ2) is 12.3. The molecule has 3 saturated carbocycles. The Morgan fingerprint density at radius 2 is 1.78 bits per heavy atom. The Labute approximate surface area is 247 Å². The van der Waals surface area contributed by atoms with Gasteiger partial charge in [-0.05, 0) is 111 Å². The third-order valence-electron chi connectivity index (χ3n) is 9.31. The zero-order valence-electron chi connectivity index (χ0n) is 23.8. The first-order valence-electron chi connectivity index (χ1n) is 15.2. The standard InChI is InChI=1S/C34H39N3O3S/c1-40-31-16-13-26(17-28(31)19-35)23-7-5-22(6-8-23)21-37(34(39)25-11-14-30(38)15-12-25)29-4-2-3-27(18-29)32-20-36-33(41-32)24-9-10-24/h2-4,13,16-18,20,22-25,30,38H,5-12,14-15,21H2,1H3/t22-,23-,25-,30-. The summed E-state index contributed by atoms with van der Waals surface area (Å²) in [6.45, 7) is 0.718. The molecule has 1 N–H and O–H groups in total. The highest BCUT2D eigenvalue weighted by molar-refractivity contribution is 7.15. The molecule has 1 heterocycles. The lowest BCUT2D eigenvalue weighted by Crippen LogP contribution is -2.41. The third kappa shape index (κ3) is 6.34. The van der Waals surface area contributed by atoms with Gasteiger partial charge in [0.1, 0.15) is 11.8 Å². The van der Waals surface area contributed by atoms with E-state index in [0.29, 0.717) is 41.9 Å². The van der Waals surface area contributed by atoms with Gasteiger partial charge in [-0.15, -0.1) is 11.3 Å². The number of thiazole rings is 1. The molecule has 1 amide bonds. The highest BCUT2D eigenvalue weighted by atomic mass is 32.1. The van der Waals surface area contributed by atoms with Crippen molar-refractivity contribution < 1.29 is 14.6 Å². The molecule has 3 aliphatic rings. The number of hydrogen-bond acceptors (Lipinski definition) is 6. The molecule has 41 heavy (non-hydrogen) atoms. The number of aromatic nitrogens is 1. The van der Waals surface area contributed by atoms with E-state index >= 15 is 0 Å². The molecule has 2 aromatic carbocycles. The Bertz CT molecular complexity index is 1410. The topological polar surface area (TPSA) is 86.4 Å². The minimum Gasteiger partial charge on any atom is -0.495 e. The van der Waals surface area contributed by atoms with Crippen molar-refractivity contribution in [2.24, 2.45) is 11.8 Å². The van der Waals surface area contributed by atoms with Crippen molar-refractivity contribution in [2.45, 2.75) is 82.1 Å². The summed E-state index contributed by atoms with van der Waals surface area (Å²) in [4.78, 5) is 21.9.